The van der Waals surface area contributed by atoms with Gasteiger partial charge in [0.25, 0.3) is 0 Å². The third-order valence-corrected chi connectivity index (χ3v) is 5.68. The van der Waals surface area contributed by atoms with Crippen LogP contribution in [0.4, 0.5) is 0 Å². The molecule has 0 bridgehead atoms. The molecule has 1 unspecified atom stereocenters. The van der Waals surface area contributed by atoms with Gasteiger partial charge in [-0.2, -0.15) is 0 Å². The highest BCUT2D eigenvalue weighted by molar-refractivity contribution is 7.49. The predicted octanol–water partition coefficient (Wildman–Crippen LogP) is 7.64. The van der Waals surface area contributed by atoms with Gasteiger partial charge in [0.1, 0.15) is 0 Å². The van der Waals surface area contributed by atoms with Crippen LogP contribution in [0.2, 0.25) is 0 Å². The molecule has 0 amide bonds. The molecule has 1 atom stereocenters. The summed E-state index contributed by atoms with van der Waals surface area (Å²) < 4.78 is 0. The van der Waals surface area contributed by atoms with E-state index < -0.39 is 0 Å². The van der Waals surface area contributed by atoms with Crippen LogP contribution < -0.4 is 0 Å². The number of hydrogen-bond donors (Lipinski definition) is 0. The van der Waals surface area contributed by atoms with Gasteiger partial charge in [0.05, 0.1) is 0 Å². The van der Waals surface area contributed by atoms with Gasteiger partial charge in [-0.25, -0.2) is 0 Å². The minimum Gasteiger partial charge on any atom is -0.0910 e. The normalized spacial score (nSPS) is 12.6. The molecular weight excluding hydrogens is 319 g/mol. The molecule has 0 aromatic heterocycles. The van der Waals surface area contributed by atoms with E-state index in [1.54, 1.807) is 0 Å². The van der Waals surface area contributed by atoms with Crippen LogP contribution in [0.15, 0.2) is 73.3 Å². The molecule has 0 saturated carbocycles. The smallest absolute Gasteiger partial charge is 0.00602 e. The monoisotopic (exact) mass is 348 g/mol. The first-order valence-electron chi connectivity index (χ1n) is 8.93. The maximum Gasteiger partial charge on any atom is -0.00602 e. The molecule has 130 valence electrons. The van der Waals surface area contributed by atoms with Gasteiger partial charge in [-0.1, -0.05) is 95.8 Å². The number of benzene rings is 2. The van der Waals surface area contributed by atoms with Gasteiger partial charge in [0.2, 0.25) is 0 Å². The SMILES string of the molecule is C=C(PCc1ccc(C(C)C)cc1)c1ccc(/C(C)=C/C=C\C)cc1. The van der Waals surface area contributed by atoms with E-state index >= 15 is 0 Å². The highest BCUT2D eigenvalue weighted by atomic mass is 31.1. The van der Waals surface area contributed by atoms with Crippen LogP contribution in [0.5, 0.6) is 0 Å². The molecule has 2 aromatic carbocycles. The second-order valence-corrected chi connectivity index (χ2v) is 7.99. The van der Waals surface area contributed by atoms with Gasteiger partial charge < -0.3 is 0 Å². The first kappa shape index (κ1) is 19.4. The number of hydrogen-bond acceptors (Lipinski definition) is 0. The van der Waals surface area contributed by atoms with Crippen molar-refractivity contribution in [2.45, 2.75) is 39.8 Å². The molecule has 0 fully saturated rings. The third-order valence-electron chi connectivity index (χ3n) is 4.38. The molecule has 0 nitrogen and oxygen atoms in total. The largest absolute Gasteiger partial charge is 0.0910 e. The molecule has 0 heterocycles. The van der Waals surface area contributed by atoms with Crippen LogP contribution in [-0.4, -0.2) is 0 Å². The summed E-state index contributed by atoms with van der Waals surface area (Å²) in [4.78, 5) is 0. The van der Waals surface area contributed by atoms with Crippen molar-refractivity contribution < 1.29 is 0 Å². The van der Waals surface area contributed by atoms with Crippen molar-refractivity contribution in [3.63, 3.8) is 0 Å². The van der Waals surface area contributed by atoms with E-state index in [-0.39, 0.29) is 0 Å². The first-order valence-corrected chi connectivity index (χ1v) is 10.1. The van der Waals surface area contributed by atoms with Crippen molar-refractivity contribution in [2.75, 3.05) is 0 Å². The van der Waals surface area contributed by atoms with E-state index in [0.29, 0.717) is 5.92 Å². The average molecular weight is 348 g/mol. The lowest BCUT2D eigenvalue weighted by Gasteiger charge is -2.10. The Hall–Kier alpha value is -1.91. The predicted molar refractivity (Wildman–Crippen MR) is 116 cm³/mol. The Morgan fingerprint density at radius 2 is 1.60 bits per heavy atom. The minimum atomic E-state index is 0.593. The summed E-state index contributed by atoms with van der Waals surface area (Å²) in [5, 5.41) is 1.23. The average Bonchev–Trinajstić information content (AvgIpc) is 2.64. The van der Waals surface area contributed by atoms with Crippen molar-refractivity contribution in [1.29, 1.82) is 0 Å². The fourth-order valence-electron chi connectivity index (χ4n) is 2.60. The van der Waals surface area contributed by atoms with Crippen molar-refractivity contribution in [3.8, 4) is 0 Å². The molecule has 25 heavy (non-hydrogen) atoms. The molecule has 2 aromatic rings. The fraction of sp³-hybridized carbons (Fsp3) is 0.250. The summed E-state index contributed by atoms with van der Waals surface area (Å²) in [6.07, 6.45) is 7.34. The lowest BCUT2D eigenvalue weighted by Crippen LogP contribution is -1.88. The Morgan fingerprint density at radius 1 is 1.00 bits per heavy atom. The summed E-state index contributed by atoms with van der Waals surface area (Å²) >= 11 is 0. The quantitative estimate of drug-likeness (QED) is 0.356. The summed E-state index contributed by atoms with van der Waals surface area (Å²) in [7, 11) is 0.724. The Morgan fingerprint density at radius 3 is 2.16 bits per heavy atom. The molecule has 0 N–H and O–H groups in total. The standard InChI is InChI=1S/C24H29P/c1-6-7-8-19(4)23-13-15-24(16-14-23)20(5)25-17-21-9-11-22(12-10-21)18(2)3/h6-16,18,25H,5,17H2,1-4H3/b7-6-,19-8+. The van der Waals surface area contributed by atoms with Crippen LogP contribution in [0.1, 0.15) is 55.9 Å². The lowest BCUT2D eigenvalue weighted by atomic mass is 10.0. The van der Waals surface area contributed by atoms with E-state index in [1.807, 2.05) is 6.92 Å². The van der Waals surface area contributed by atoms with Crippen molar-refractivity contribution in [1.82, 2.24) is 0 Å². The number of rotatable bonds is 7. The van der Waals surface area contributed by atoms with E-state index in [0.717, 1.165) is 14.7 Å². The van der Waals surface area contributed by atoms with Gasteiger partial charge in [-0.3, -0.25) is 0 Å². The molecule has 0 spiro atoms. The molecule has 0 radical (unpaired) electrons. The van der Waals surface area contributed by atoms with E-state index in [2.05, 4.69) is 94.1 Å². The Kier molecular flexibility index (Phi) is 7.41. The zero-order valence-corrected chi connectivity index (χ0v) is 16.8. The van der Waals surface area contributed by atoms with Crippen molar-refractivity contribution >= 4 is 19.5 Å². The van der Waals surface area contributed by atoms with Gasteiger partial charge in [0.15, 0.2) is 0 Å². The zero-order chi connectivity index (χ0) is 18.2. The fourth-order valence-corrected chi connectivity index (χ4v) is 3.63. The third kappa shape index (κ3) is 5.83. The van der Waals surface area contributed by atoms with Crippen molar-refractivity contribution in [3.05, 3.63) is 95.6 Å². The molecule has 1 heteroatoms. The van der Waals surface area contributed by atoms with Crippen LogP contribution in [-0.2, 0) is 6.16 Å². The van der Waals surface area contributed by atoms with E-state index in [9.17, 15) is 0 Å². The topological polar surface area (TPSA) is 0 Å². The number of allylic oxidation sites excluding steroid dienone is 4. The van der Waals surface area contributed by atoms with E-state index in [4.69, 9.17) is 0 Å². The highest BCUT2D eigenvalue weighted by Crippen LogP contribution is 2.35. The van der Waals surface area contributed by atoms with Gasteiger partial charge in [-0.05, 0) is 59.1 Å². The van der Waals surface area contributed by atoms with Crippen LogP contribution in [0, 0.1) is 0 Å². The zero-order valence-electron chi connectivity index (χ0n) is 15.8. The van der Waals surface area contributed by atoms with Gasteiger partial charge in [0, 0.05) is 0 Å². The summed E-state index contributed by atoms with van der Waals surface area (Å²) in [5.41, 5.74) is 6.60. The van der Waals surface area contributed by atoms with Crippen LogP contribution >= 0.6 is 8.58 Å². The summed E-state index contributed by atoms with van der Waals surface area (Å²) in [6.45, 7) is 12.9. The van der Waals surface area contributed by atoms with Crippen molar-refractivity contribution in [2.24, 2.45) is 0 Å². The molecule has 0 aliphatic rings. The van der Waals surface area contributed by atoms with Crippen LogP contribution in [0.25, 0.3) is 10.9 Å². The highest BCUT2D eigenvalue weighted by Gasteiger charge is 2.03. The Labute approximate surface area is 155 Å². The second kappa shape index (κ2) is 9.54. The first-order chi connectivity index (χ1) is 12.0. The van der Waals surface area contributed by atoms with Gasteiger partial charge >= 0.3 is 0 Å². The lowest BCUT2D eigenvalue weighted by molar-refractivity contribution is 0.866. The minimum absolute atomic E-state index is 0.593. The molecule has 2 rings (SSSR count). The van der Waals surface area contributed by atoms with Gasteiger partial charge in [-0.15, -0.1) is 0 Å². The molecular formula is C24H29P. The van der Waals surface area contributed by atoms with E-state index in [1.165, 1.54) is 33.1 Å². The van der Waals surface area contributed by atoms with Crippen LogP contribution in [0.3, 0.4) is 0 Å². The maximum atomic E-state index is 4.30. The molecule has 0 aliphatic carbocycles. The Balaban J connectivity index is 1.96. The summed E-state index contributed by atoms with van der Waals surface area (Å²) in [5.74, 6) is 0.593. The Bertz CT molecular complexity index is 744. The maximum absolute atomic E-state index is 4.30. The summed E-state index contributed by atoms with van der Waals surface area (Å²) in [6, 6.07) is 17.8. The second-order valence-electron chi connectivity index (χ2n) is 6.68. The molecule has 0 aliphatic heterocycles. The molecule has 0 saturated heterocycles.